The van der Waals surface area contributed by atoms with Gasteiger partial charge in [0.15, 0.2) is 0 Å². The largest absolute Gasteiger partial charge is 0.328 e. The minimum absolute atomic E-state index is 0.0394. The van der Waals surface area contributed by atoms with Gasteiger partial charge in [-0.2, -0.15) is 0 Å². The Morgan fingerprint density at radius 1 is 1.22 bits per heavy atom. The minimum atomic E-state index is 0.0394. The van der Waals surface area contributed by atoms with E-state index in [0.717, 1.165) is 30.2 Å². The quantitative estimate of drug-likeness (QED) is 0.754. The van der Waals surface area contributed by atoms with E-state index in [1.165, 1.54) is 22.5 Å². The van der Waals surface area contributed by atoms with Crippen molar-refractivity contribution in [2.24, 2.45) is 0 Å². The number of pyridine rings is 1. The fourth-order valence-corrected chi connectivity index (χ4v) is 4.19. The van der Waals surface area contributed by atoms with Crippen LogP contribution in [0.3, 0.4) is 0 Å². The van der Waals surface area contributed by atoms with Crippen molar-refractivity contribution in [3.8, 4) is 10.7 Å². The highest BCUT2D eigenvalue weighted by molar-refractivity contribution is 7.16. The number of aryl methyl sites for hydroxylation is 1. The second kappa shape index (κ2) is 7.98. The number of carbonyl (C=O) groups excluding carboxylic acids is 1. The first-order chi connectivity index (χ1) is 13.3. The van der Waals surface area contributed by atoms with Crippen LogP contribution in [0.2, 0.25) is 0 Å². The zero-order valence-electron chi connectivity index (χ0n) is 15.3. The summed E-state index contributed by atoms with van der Waals surface area (Å²) in [6, 6.07) is 14.3. The summed E-state index contributed by atoms with van der Waals surface area (Å²) < 4.78 is 0. The van der Waals surface area contributed by atoms with Crippen LogP contribution in [0.5, 0.6) is 0 Å². The average Bonchev–Trinajstić information content (AvgIpc) is 3.24. The van der Waals surface area contributed by atoms with Crippen LogP contribution < -0.4 is 5.32 Å². The van der Waals surface area contributed by atoms with Gasteiger partial charge in [-0.15, -0.1) is 11.3 Å². The summed E-state index contributed by atoms with van der Waals surface area (Å²) in [5.74, 6) is 0.0424. The van der Waals surface area contributed by atoms with E-state index in [9.17, 15) is 4.79 Å². The number of hydrogen-bond donors (Lipinski definition) is 1. The fourth-order valence-electron chi connectivity index (χ4n) is 3.34. The molecular weight excluding hydrogens is 356 g/mol. The number of nitrogens with zero attached hydrogens (tertiary/aromatic N) is 3. The molecule has 1 unspecified atom stereocenters. The van der Waals surface area contributed by atoms with Gasteiger partial charge in [-0.3, -0.25) is 9.78 Å². The topological polar surface area (TPSA) is 58.1 Å². The number of rotatable bonds is 4. The number of nitrogens with one attached hydrogen (secondary N) is 1. The molecule has 27 heavy (non-hydrogen) atoms. The average molecular weight is 379 g/mol. The third-order valence-corrected chi connectivity index (χ3v) is 5.89. The summed E-state index contributed by atoms with van der Waals surface area (Å²) in [5, 5.41) is 4.19. The van der Waals surface area contributed by atoms with Gasteiger partial charge in [-0.25, -0.2) is 4.98 Å². The smallest absolute Gasteiger partial charge is 0.266 e. The molecule has 1 aliphatic rings. The predicted molar refractivity (Wildman–Crippen MR) is 108 cm³/mol. The lowest BCUT2D eigenvalue weighted by atomic mass is 10.0. The van der Waals surface area contributed by atoms with Crippen molar-refractivity contribution in [2.75, 3.05) is 19.6 Å². The minimum Gasteiger partial charge on any atom is -0.328 e. The van der Waals surface area contributed by atoms with Crippen molar-refractivity contribution >= 4 is 17.2 Å². The molecule has 0 radical (unpaired) electrons. The van der Waals surface area contributed by atoms with Crippen molar-refractivity contribution in [1.29, 1.82) is 0 Å². The highest BCUT2D eigenvalue weighted by Gasteiger charge is 2.29. The molecule has 0 spiro atoms. The summed E-state index contributed by atoms with van der Waals surface area (Å²) in [7, 11) is 0. The molecule has 1 atom stereocenters. The van der Waals surface area contributed by atoms with Gasteiger partial charge in [-0.05, 0) is 29.7 Å². The zero-order chi connectivity index (χ0) is 18.6. The van der Waals surface area contributed by atoms with Crippen molar-refractivity contribution in [3.63, 3.8) is 0 Å². The molecule has 0 aliphatic carbocycles. The van der Waals surface area contributed by atoms with E-state index in [4.69, 9.17) is 0 Å². The Labute approximate surface area is 163 Å². The maximum Gasteiger partial charge on any atom is 0.266 e. The maximum absolute atomic E-state index is 13.2. The number of hydrogen-bond acceptors (Lipinski definition) is 5. The second-order valence-electron chi connectivity index (χ2n) is 6.56. The third-order valence-electron chi connectivity index (χ3n) is 4.88. The van der Waals surface area contributed by atoms with Crippen LogP contribution in [0.4, 0.5) is 0 Å². The molecule has 6 heteroatoms. The van der Waals surface area contributed by atoms with E-state index in [1.807, 2.05) is 23.1 Å². The summed E-state index contributed by atoms with van der Waals surface area (Å²) in [6.07, 6.45) is 4.43. The number of thiazole rings is 1. The van der Waals surface area contributed by atoms with Gasteiger partial charge in [-0.1, -0.05) is 37.3 Å². The second-order valence-corrected chi connectivity index (χ2v) is 7.59. The number of benzene rings is 1. The van der Waals surface area contributed by atoms with E-state index >= 15 is 0 Å². The summed E-state index contributed by atoms with van der Waals surface area (Å²) in [6.45, 7) is 4.41. The van der Waals surface area contributed by atoms with Crippen LogP contribution in [0.15, 0.2) is 54.9 Å². The van der Waals surface area contributed by atoms with Gasteiger partial charge in [0.2, 0.25) is 0 Å². The van der Waals surface area contributed by atoms with E-state index in [-0.39, 0.29) is 11.9 Å². The molecule has 4 rings (SSSR count). The first kappa shape index (κ1) is 17.8. The molecule has 1 amide bonds. The van der Waals surface area contributed by atoms with Gasteiger partial charge < -0.3 is 10.2 Å². The van der Waals surface area contributed by atoms with Crippen LogP contribution in [-0.4, -0.2) is 40.4 Å². The molecule has 0 saturated carbocycles. The SMILES string of the molecule is CCc1ccc(C2CNCCN2C(=O)c2cnc(-c3ccccn3)s2)cc1. The van der Waals surface area contributed by atoms with Crippen molar-refractivity contribution in [2.45, 2.75) is 19.4 Å². The lowest BCUT2D eigenvalue weighted by Crippen LogP contribution is -2.48. The standard InChI is InChI=1S/C21H22N4OS/c1-2-15-6-8-16(9-7-15)18-13-22-11-12-25(18)21(26)19-14-24-20(27-19)17-5-3-4-10-23-17/h3-10,14,18,22H,2,11-13H2,1H3. The van der Waals surface area contributed by atoms with E-state index in [0.29, 0.717) is 11.4 Å². The highest BCUT2D eigenvalue weighted by atomic mass is 32.1. The molecule has 1 saturated heterocycles. The molecule has 0 bridgehead atoms. The molecule has 2 aromatic heterocycles. The number of amides is 1. The molecular formula is C21H22N4OS. The Morgan fingerprint density at radius 2 is 2.07 bits per heavy atom. The van der Waals surface area contributed by atoms with Crippen molar-refractivity contribution in [3.05, 3.63) is 70.9 Å². The van der Waals surface area contributed by atoms with E-state index < -0.39 is 0 Å². The normalized spacial score (nSPS) is 17.1. The lowest BCUT2D eigenvalue weighted by molar-refractivity contribution is 0.0639. The van der Waals surface area contributed by atoms with Gasteiger partial charge in [0, 0.05) is 25.8 Å². The van der Waals surface area contributed by atoms with E-state index in [2.05, 4.69) is 46.5 Å². The molecule has 1 fully saturated rings. The monoisotopic (exact) mass is 378 g/mol. The van der Waals surface area contributed by atoms with Crippen LogP contribution >= 0.6 is 11.3 Å². The molecule has 1 aliphatic heterocycles. The van der Waals surface area contributed by atoms with Crippen LogP contribution in [0.1, 0.15) is 33.8 Å². The van der Waals surface area contributed by atoms with Gasteiger partial charge in [0.1, 0.15) is 9.88 Å². The number of aromatic nitrogens is 2. The molecule has 138 valence electrons. The Bertz CT molecular complexity index is 907. The van der Waals surface area contributed by atoms with E-state index in [1.54, 1.807) is 12.4 Å². The fraction of sp³-hybridized carbons (Fsp3) is 0.286. The Kier molecular flexibility index (Phi) is 5.27. The number of piperazine rings is 1. The summed E-state index contributed by atoms with van der Waals surface area (Å²) in [5.41, 5.74) is 3.28. The van der Waals surface area contributed by atoms with Gasteiger partial charge in [0.25, 0.3) is 5.91 Å². The molecule has 3 heterocycles. The number of carbonyl (C=O) groups is 1. The first-order valence-corrected chi connectivity index (χ1v) is 10.1. The Hall–Kier alpha value is -2.57. The molecule has 1 N–H and O–H groups in total. The summed E-state index contributed by atoms with van der Waals surface area (Å²) >= 11 is 1.41. The van der Waals surface area contributed by atoms with Gasteiger partial charge in [0.05, 0.1) is 17.9 Å². The van der Waals surface area contributed by atoms with Gasteiger partial charge >= 0.3 is 0 Å². The maximum atomic E-state index is 13.2. The van der Waals surface area contributed by atoms with Crippen molar-refractivity contribution < 1.29 is 4.79 Å². The molecule has 1 aromatic carbocycles. The van der Waals surface area contributed by atoms with Crippen LogP contribution in [0.25, 0.3) is 10.7 Å². The van der Waals surface area contributed by atoms with Crippen LogP contribution in [-0.2, 0) is 6.42 Å². The zero-order valence-corrected chi connectivity index (χ0v) is 16.1. The third kappa shape index (κ3) is 3.77. The first-order valence-electron chi connectivity index (χ1n) is 9.24. The summed E-state index contributed by atoms with van der Waals surface area (Å²) in [4.78, 5) is 24.6. The van der Waals surface area contributed by atoms with Crippen LogP contribution in [0, 0.1) is 0 Å². The predicted octanol–water partition coefficient (Wildman–Crippen LogP) is 3.55. The molecule has 5 nitrogen and oxygen atoms in total. The lowest BCUT2D eigenvalue weighted by Gasteiger charge is -2.36. The molecule has 3 aromatic rings. The Balaban J connectivity index is 1.58. The Morgan fingerprint density at radius 3 is 2.81 bits per heavy atom. The highest BCUT2D eigenvalue weighted by Crippen LogP contribution is 2.29. The van der Waals surface area contributed by atoms with Crippen molar-refractivity contribution in [1.82, 2.24) is 20.2 Å².